The van der Waals surface area contributed by atoms with Crippen LogP contribution in [0.15, 0.2) is 22.8 Å². The largest absolute Gasteiger partial charge is 0.481 e. The van der Waals surface area contributed by atoms with Gasteiger partial charge in [0.05, 0.1) is 25.8 Å². The molecule has 100 valence electrons. The predicted molar refractivity (Wildman–Crippen MR) is 64.9 cm³/mol. The van der Waals surface area contributed by atoms with Crippen molar-refractivity contribution in [3.8, 4) is 0 Å². The second kappa shape index (κ2) is 6.80. The Kier molecular flexibility index (Phi) is 5.38. The summed E-state index contributed by atoms with van der Waals surface area (Å²) >= 11 is 0. The topological polar surface area (TPSA) is 74.0 Å². The number of carboxylic acids is 1. The average Bonchev–Trinajstić information content (AvgIpc) is 2.79. The number of hydrogen-bond donors (Lipinski definition) is 1. The number of amides is 1. The van der Waals surface area contributed by atoms with Gasteiger partial charge in [0.1, 0.15) is 5.76 Å². The van der Waals surface area contributed by atoms with Gasteiger partial charge < -0.3 is 14.4 Å². The first-order chi connectivity index (χ1) is 8.49. The maximum absolute atomic E-state index is 11.8. The molecule has 1 amide bonds. The zero-order chi connectivity index (χ0) is 13.5. The van der Waals surface area contributed by atoms with Crippen molar-refractivity contribution in [1.29, 1.82) is 0 Å². The molecule has 1 aromatic heterocycles. The number of nitrogens with zero attached hydrogens (tertiary/aromatic N) is 2. The summed E-state index contributed by atoms with van der Waals surface area (Å²) in [6.45, 7) is 0.971. The van der Waals surface area contributed by atoms with Gasteiger partial charge in [0.2, 0.25) is 5.91 Å². The third-order valence-electron chi connectivity index (χ3n) is 2.51. The van der Waals surface area contributed by atoms with Crippen LogP contribution in [0, 0.1) is 0 Å². The number of likely N-dealkylation sites (N-methyl/N-ethyl adjacent to an activating group) is 2. The van der Waals surface area contributed by atoms with Gasteiger partial charge in [-0.05, 0) is 19.2 Å². The number of carbonyl (C=O) groups is 2. The highest BCUT2D eigenvalue weighted by molar-refractivity contribution is 5.78. The predicted octanol–water partition coefficient (Wildman–Crippen LogP) is 0.645. The molecule has 0 aliphatic heterocycles. The minimum atomic E-state index is -0.863. The molecule has 0 unspecified atom stereocenters. The van der Waals surface area contributed by atoms with Gasteiger partial charge in [-0.1, -0.05) is 0 Å². The van der Waals surface area contributed by atoms with Crippen molar-refractivity contribution in [2.75, 3.05) is 27.2 Å². The molecule has 6 nitrogen and oxygen atoms in total. The summed E-state index contributed by atoms with van der Waals surface area (Å²) in [7, 11) is 3.41. The lowest BCUT2D eigenvalue weighted by Crippen LogP contribution is -2.37. The van der Waals surface area contributed by atoms with Crippen LogP contribution >= 0.6 is 0 Å². The highest BCUT2D eigenvalue weighted by Crippen LogP contribution is 2.04. The lowest BCUT2D eigenvalue weighted by molar-refractivity contribution is -0.138. The maximum Gasteiger partial charge on any atom is 0.304 e. The Morgan fingerprint density at radius 3 is 2.67 bits per heavy atom. The molecule has 0 radical (unpaired) electrons. The zero-order valence-corrected chi connectivity index (χ0v) is 10.6. The van der Waals surface area contributed by atoms with E-state index in [1.54, 1.807) is 42.3 Å². The number of hydrogen-bond acceptors (Lipinski definition) is 4. The van der Waals surface area contributed by atoms with E-state index in [0.29, 0.717) is 13.1 Å². The molecule has 1 N–H and O–H groups in total. The molecular formula is C12H18N2O4. The van der Waals surface area contributed by atoms with Crippen LogP contribution in [0.4, 0.5) is 0 Å². The Hall–Kier alpha value is -1.82. The van der Waals surface area contributed by atoms with E-state index in [1.807, 2.05) is 0 Å². The standard InChI is InChI=1S/C12H18N2O4/c1-13(6-5-12(16)17)9-11(15)14(2)8-10-4-3-7-18-10/h3-4,7H,5-6,8-9H2,1-2H3,(H,16,17). The van der Waals surface area contributed by atoms with Gasteiger partial charge in [-0.15, -0.1) is 0 Å². The van der Waals surface area contributed by atoms with Crippen molar-refractivity contribution in [2.24, 2.45) is 0 Å². The maximum atomic E-state index is 11.8. The lowest BCUT2D eigenvalue weighted by Gasteiger charge is -2.20. The van der Waals surface area contributed by atoms with E-state index in [1.165, 1.54) is 0 Å². The molecule has 0 saturated carbocycles. The van der Waals surface area contributed by atoms with Crippen molar-refractivity contribution in [2.45, 2.75) is 13.0 Å². The summed E-state index contributed by atoms with van der Waals surface area (Å²) in [5, 5.41) is 8.54. The van der Waals surface area contributed by atoms with Crippen LogP contribution in [0.3, 0.4) is 0 Å². The van der Waals surface area contributed by atoms with Gasteiger partial charge in [0, 0.05) is 13.6 Å². The van der Waals surface area contributed by atoms with Gasteiger partial charge in [-0.3, -0.25) is 14.5 Å². The van der Waals surface area contributed by atoms with Crippen LogP contribution in [0.2, 0.25) is 0 Å². The zero-order valence-electron chi connectivity index (χ0n) is 10.6. The van der Waals surface area contributed by atoms with Gasteiger partial charge in [0.15, 0.2) is 0 Å². The van der Waals surface area contributed by atoms with E-state index in [4.69, 9.17) is 9.52 Å². The molecule has 0 aliphatic rings. The van der Waals surface area contributed by atoms with E-state index in [2.05, 4.69) is 0 Å². The van der Waals surface area contributed by atoms with Crippen LogP contribution in [0.25, 0.3) is 0 Å². The average molecular weight is 254 g/mol. The monoisotopic (exact) mass is 254 g/mol. The van der Waals surface area contributed by atoms with Crippen molar-refractivity contribution in [3.63, 3.8) is 0 Å². The molecule has 18 heavy (non-hydrogen) atoms. The summed E-state index contributed by atoms with van der Waals surface area (Å²) in [6.07, 6.45) is 1.60. The summed E-state index contributed by atoms with van der Waals surface area (Å²) in [5.74, 6) is -0.212. The van der Waals surface area contributed by atoms with Crippen LogP contribution < -0.4 is 0 Å². The van der Waals surface area contributed by atoms with Crippen molar-refractivity contribution in [1.82, 2.24) is 9.80 Å². The van der Waals surface area contributed by atoms with Crippen LogP contribution in [0.1, 0.15) is 12.2 Å². The minimum absolute atomic E-state index is 0.0334. The number of carbonyl (C=O) groups excluding carboxylic acids is 1. The quantitative estimate of drug-likeness (QED) is 0.773. The molecule has 0 bridgehead atoms. The molecule has 1 aromatic rings. The summed E-state index contributed by atoms with van der Waals surface area (Å²) < 4.78 is 5.15. The molecule has 1 rings (SSSR count). The molecule has 0 aliphatic carbocycles. The SMILES string of the molecule is CN(CCC(=O)O)CC(=O)N(C)Cc1ccco1. The number of rotatable bonds is 7. The molecule has 0 spiro atoms. The second-order valence-corrected chi connectivity index (χ2v) is 4.21. The summed E-state index contributed by atoms with van der Waals surface area (Å²) in [5.41, 5.74) is 0. The first kappa shape index (κ1) is 14.2. The molecule has 0 aromatic carbocycles. The first-order valence-corrected chi connectivity index (χ1v) is 5.65. The van der Waals surface area contributed by atoms with Crippen LogP contribution in [0.5, 0.6) is 0 Å². The molecule has 0 fully saturated rings. The Labute approximate surface area is 106 Å². The van der Waals surface area contributed by atoms with E-state index in [9.17, 15) is 9.59 Å². The fraction of sp³-hybridized carbons (Fsp3) is 0.500. The third-order valence-corrected chi connectivity index (χ3v) is 2.51. The van der Waals surface area contributed by atoms with Crippen molar-refractivity contribution in [3.05, 3.63) is 24.2 Å². The van der Waals surface area contributed by atoms with Gasteiger partial charge in [-0.25, -0.2) is 0 Å². The van der Waals surface area contributed by atoms with Crippen molar-refractivity contribution >= 4 is 11.9 Å². The Balaban J connectivity index is 2.33. The van der Waals surface area contributed by atoms with Gasteiger partial charge in [-0.2, -0.15) is 0 Å². The number of carboxylic acid groups (broad SMARTS) is 1. The molecule has 6 heteroatoms. The Morgan fingerprint density at radius 1 is 1.39 bits per heavy atom. The van der Waals surface area contributed by atoms with Gasteiger partial charge >= 0.3 is 5.97 Å². The highest BCUT2D eigenvalue weighted by Gasteiger charge is 2.13. The van der Waals surface area contributed by atoms with E-state index >= 15 is 0 Å². The fourth-order valence-corrected chi connectivity index (χ4v) is 1.44. The molecular weight excluding hydrogens is 236 g/mol. The molecule has 0 atom stereocenters. The summed E-state index contributed by atoms with van der Waals surface area (Å²) in [4.78, 5) is 25.5. The smallest absolute Gasteiger partial charge is 0.304 e. The Morgan fingerprint density at radius 2 is 2.11 bits per heavy atom. The third kappa shape index (κ3) is 5.01. The second-order valence-electron chi connectivity index (χ2n) is 4.21. The number of furan rings is 1. The van der Waals surface area contributed by atoms with E-state index < -0.39 is 5.97 Å². The summed E-state index contributed by atoms with van der Waals surface area (Å²) in [6, 6.07) is 3.57. The highest BCUT2D eigenvalue weighted by atomic mass is 16.4. The van der Waals surface area contributed by atoms with Gasteiger partial charge in [0.25, 0.3) is 0 Å². The van der Waals surface area contributed by atoms with Crippen LogP contribution in [-0.4, -0.2) is 54.0 Å². The lowest BCUT2D eigenvalue weighted by atomic mass is 10.3. The van der Waals surface area contributed by atoms with Crippen LogP contribution in [-0.2, 0) is 16.1 Å². The minimum Gasteiger partial charge on any atom is -0.481 e. The van der Waals surface area contributed by atoms with E-state index in [0.717, 1.165) is 5.76 Å². The Bertz CT molecular complexity index is 389. The fourth-order valence-electron chi connectivity index (χ4n) is 1.44. The molecule has 0 saturated heterocycles. The van der Waals surface area contributed by atoms with E-state index in [-0.39, 0.29) is 18.9 Å². The normalized spacial score (nSPS) is 10.6. The molecule has 1 heterocycles. The number of aliphatic carboxylic acids is 1. The van der Waals surface area contributed by atoms with Crippen molar-refractivity contribution < 1.29 is 19.1 Å². The first-order valence-electron chi connectivity index (χ1n) is 5.65.